The van der Waals surface area contributed by atoms with Crippen molar-refractivity contribution < 1.29 is 19.4 Å². The molecule has 1 atom stereocenters. The number of rotatable bonds is 8. The zero-order valence-corrected chi connectivity index (χ0v) is 19.5. The average Bonchev–Trinajstić information content (AvgIpc) is 3.05. The lowest BCUT2D eigenvalue weighted by Crippen LogP contribution is -2.38. The Bertz CT molecular complexity index is 1040. The van der Waals surface area contributed by atoms with Crippen molar-refractivity contribution in [2.24, 2.45) is 0 Å². The highest BCUT2D eigenvalue weighted by molar-refractivity contribution is 6.46. The molecular weight excluding hydrogens is 404 g/mol. The number of aliphatic hydroxyl groups is 1. The molecule has 0 radical (unpaired) electrons. The van der Waals surface area contributed by atoms with Crippen LogP contribution in [0.3, 0.4) is 0 Å². The Balaban J connectivity index is 2.16. The molecule has 170 valence electrons. The van der Waals surface area contributed by atoms with E-state index in [1.165, 1.54) is 0 Å². The van der Waals surface area contributed by atoms with Crippen LogP contribution in [0.15, 0.2) is 48.0 Å². The third kappa shape index (κ3) is 4.41. The van der Waals surface area contributed by atoms with Gasteiger partial charge in [0.1, 0.15) is 11.5 Å². The normalized spacial score (nSPS) is 17.9. The highest BCUT2D eigenvalue weighted by atomic mass is 16.5. The molecule has 1 amide bonds. The first-order chi connectivity index (χ1) is 15.3. The summed E-state index contributed by atoms with van der Waals surface area (Å²) < 4.78 is 5.55. The summed E-state index contributed by atoms with van der Waals surface area (Å²) in [5.41, 5.74) is 3.39. The van der Waals surface area contributed by atoms with Gasteiger partial charge in [-0.25, -0.2) is 0 Å². The van der Waals surface area contributed by atoms with Gasteiger partial charge in [0.2, 0.25) is 0 Å². The summed E-state index contributed by atoms with van der Waals surface area (Å²) in [5.74, 6) is -0.861. The average molecular weight is 437 g/mol. The fraction of sp³-hybridized carbons (Fsp3) is 0.385. The van der Waals surface area contributed by atoms with Crippen LogP contribution in [0.1, 0.15) is 42.1 Å². The number of likely N-dealkylation sites (tertiary alicyclic amines) is 1. The molecule has 0 saturated carbocycles. The van der Waals surface area contributed by atoms with Gasteiger partial charge in [-0.05, 0) is 50.2 Å². The minimum absolute atomic E-state index is 0.0994. The SMILES string of the molecule is CCN(CC)CCN1C(=O)C(=O)/C(=C(/O)c2ccc(C)c(C)c2)C1c1ccccc1OC. The smallest absolute Gasteiger partial charge is 0.295 e. The lowest BCUT2D eigenvalue weighted by Gasteiger charge is -2.29. The molecule has 1 fully saturated rings. The van der Waals surface area contributed by atoms with E-state index in [9.17, 15) is 14.7 Å². The van der Waals surface area contributed by atoms with Crippen molar-refractivity contribution in [1.29, 1.82) is 0 Å². The highest BCUT2D eigenvalue weighted by Gasteiger charge is 2.46. The molecule has 0 spiro atoms. The van der Waals surface area contributed by atoms with Gasteiger partial charge < -0.3 is 19.6 Å². The lowest BCUT2D eigenvalue weighted by molar-refractivity contribution is -0.140. The molecular formula is C26H32N2O4. The van der Waals surface area contributed by atoms with E-state index in [0.717, 1.165) is 24.2 Å². The van der Waals surface area contributed by atoms with E-state index in [1.807, 2.05) is 44.2 Å². The number of amides is 1. The third-order valence-electron chi connectivity index (χ3n) is 6.31. The van der Waals surface area contributed by atoms with E-state index >= 15 is 0 Å². The number of para-hydroxylation sites is 1. The van der Waals surface area contributed by atoms with Crippen LogP contribution in [0.2, 0.25) is 0 Å². The largest absolute Gasteiger partial charge is 0.507 e. The maximum absolute atomic E-state index is 13.2. The summed E-state index contributed by atoms with van der Waals surface area (Å²) in [6.07, 6.45) is 0. The lowest BCUT2D eigenvalue weighted by atomic mass is 9.93. The van der Waals surface area contributed by atoms with Crippen molar-refractivity contribution in [2.75, 3.05) is 33.3 Å². The van der Waals surface area contributed by atoms with Crippen molar-refractivity contribution in [3.05, 3.63) is 70.3 Å². The van der Waals surface area contributed by atoms with Gasteiger partial charge in [-0.1, -0.05) is 44.2 Å². The van der Waals surface area contributed by atoms with E-state index in [1.54, 1.807) is 24.1 Å². The van der Waals surface area contributed by atoms with Crippen molar-refractivity contribution in [3.8, 4) is 5.75 Å². The third-order valence-corrected chi connectivity index (χ3v) is 6.31. The van der Waals surface area contributed by atoms with Gasteiger partial charge in [0.05, 0.1) is 18.7 Å². The minimum Gasteiger partial charge on any atom is -0.507 e. The number of ether oxygens (including phenoxy) is 1. The second-order valence-electron chi connectivity index (χ2n) is 8.06. The number of hydrogen-bond donors (Lipinski definition) is 1. The van der Waals surface area contributed by atoms with E-state index in [2.05, 4.69) is 18.7 Å². The van der Waals surface area contributed by atoms with Crippen LogP contribution in [0.4, 0.5) is 0 Å². The first kappa shape index (κ1) is 23.5. The number of Topliss-reactive ketones (excluding diaryl/α,β-unsaturated/α-hetero) is 1. The first-order valence-corrected chi connectivity index (χ1v) is 11.0. The first-order valence-electron chi connectivity index (χ1n) is 11.0. The van der Waals surface area contributed by atoms with E-state index in [0.29, 0.717) is 30.0 Å². The summed E-state index contributed by atoms with van der Waals surface area (Å²) in [5, 5.41) is 11.2. The topological polar surface area (TPSA) is 70.1 Å². The number of aliphatic hydroxyl groups excluding tert-OH is 1. The van der Waals surface area contributed by atoms with Gasteiger partial charge in [0, 0.05) is 24.2 Å². The second-order valence-corrected chi connectivity index (χ2v) is 8.06. The molecule has 1 N–H and O–H groups in total. The highest BCUT2D eigenvalue weighted by Crippen LogP contribution is 2.42. The van der Waals surface area contributed by atoms with Crippen LogP contribution in [0, 0.1) is 13.8 Å². The fourth-order valence-electron chi connectivity index (χ4n) is 4.16. The molecule has 2 aromatic rings. The summed E-state index contributed by atoms with van der Waals surface area (Å²) in [6.45, 7) is 10.8. The van der Waals surface area contributed by atoms with E-state index < -0.39 is 17.7 Å². The number of methoxy groups -OCH3 is 1. The van der Waals surface area contributed by atoms with Gasteiger partial charge in [0.15, 0.2) is 0 Å². The zero-order valence-electron chi connectivity index (χ0n) is 19.5. The quantitative estimate of drug-likeness (QED) is 0.384. The molecule has 0 aliphatic carbocycles. The van der Waals surface area contributed by atoms with Gasteiger partial charge in [-0.3, -0.25) is 9.59 Å². The molecule has 0 aromatic heterocycles. The summed E-state index contributed by atoms with van der Waals surface area (Å²) in [4.78, 5) is 30.1. The number of carbonyl (C=O) groups is 2. The minimum atomic E-state index is -0.719. The molecule has 6 nitrogen and oxygen atoms in total. The van der Waals surface area contributed by atoms with Crippen LogP contribution >= 0.6 is 0 Å². The Morgan fingerprint density at radius 2 is 1.75 bits per heavy atom. The number of nitrogens with zero attached hydrogens (tertiary/aromatic N) is 2. The Morgan fingerprint density at radius 1 is 1.06 bits per heavy atom. The molecule has 6 heteroatoms. The van der Waals surface area contributed by atoms with Gasteiger partial charge >= 0.3 is 0 Å². The Labute approximate surface area is 190 Å². The van der Waals surface area contributed by atoms with E-state index in [4.69, 9.17) is 4.74 Å². The van der Waals surface area contributed by atoms with Crippen molar-refractivity contribution in [2.45, 2.75) is 33.7 Å². The molecule has 3 rings (SSSR count). The molecule has 1 heterocycles. The van der Waals surface area contributed by atoms with Gasteiger partial charge in [-0.15, -0.1) is 0 Å². The van der Waals surface area contributed by atoms with E-state index in [-0.39, 0.29) is 11.3 Å². The molecule has 32 heavy (non-hydrogen) atoms. The maximum Gasteiger partial charge on any atom is 0.295 e. The second kappa shape index (κ2) is 10.0. The molecule has 2 aromatic carbocycles. The molecule has 1 aliphatic heterocycles. The van der Waals surface area contributed by atoms with Crippen LogP contribution in [-0.2, 0) is 9.59 Å². The van der Waals surface area contributed by atoms with Crippen LogP contribution < -0.4 is 4.74 Å². The number of carbonyl (C=O) groups excluding carboxylic acids is 2. The summed E-state index contributed by atoms with van der Waals surface area (Å²) >= 11 is 0. The Hall–Kier alpha value is -3.12. The number of benzene rings is 2. The summed E-state index contributed by atoms with van der Waals surface area (Å²) in [6, 6.07) is 12.1. The van der Waals surface area contributed by atoms with Crippen molar-refractivity contribution >= 4 is 17.4 Å². The zero-order chi connectivity index (χ0) is 23.4. The van der Waals surface area contributed by atoms with Crippen molar-refractivity contribution in [3.63, 3.8) is 0 Å². The monoisotopic (exact) mass is 436 g/mol. The fourth-order valence-corrected chi connectivity index (χ4v) is 4.16. The molecule has 1 unspecified atom stereocenters. The van der Waals surface area contributed by atoms with Gasteiger partial charge in [0.25, 0.3) is 11.7 Å². The van der Waals surface area contributed by atoms with Crippen LogP contribution in [-0.4, -0.2) is 59.9 Å². The molecule has 1 saturated heterocycles. The maximum atomic E-state index is 13.2. The number of hydrogen-bond acceptors (Lipinski definition) is 5. The summed E-state index contributed by atoms with van der Waals surface area (Å²) in [7, 11) is 1.56. The Morgan fingerprint density at radius 3 is 2.38 bits per heavy atom. The predicted octanol–water partition coefficient (Wildman–Crippen LogP) is 4.08. The van der Waals surface area contributed by atoms with Crippen LogP contribution in [0.5, 0.6) is 5.75 Å². The predicted molar refractivity (Wildman–Crippen MR) is 126 cm³/mol. The number of likely N-dealkylation sites (N-methyl/N-ethyl adjacent to an activating group) is 1. The van der Waals surface area contributed by atoms with Gasteiger partial charge in [-0.2, -0.15) is 0 Å². The number of ketones is 1. The standard InChI is InChI=1S/C26H32N2O4/c1-6-27(7-2)14-15-28-23(20-10-8-9-11-21(20)32-5)22(25(30)26(28)31)24(29)19-13-12-17(3)18(4)16-19/h8-13,16,23,29H,6-7,14-15H2,1-5H3/b24-22+. The van der Waals surface area contributed by atoms with Crippen molar-refractivity contribution in [1.82, 2.24) is 9.80 Å². The number of aryl methyl sites for hydroxylation is 2. The molecule has 0 bridgehead atoms. The molecule has 1 aliphatic rings. The van der Waals surface area contributed by atoms with Crippen LogP contribution in [0.25, 0.3) is 5.76 Å². The Kier molecular flexibility index (Phi) is 7.36.